The van der Waals surface area contributed by atoms with E-state index >= 15 is 0 Å². The van der Waals surface area contributed by atoms with Crippen molar-refractivity contribution in [2.75, 3.05) is 18.5 Å². The number of nitrogens with one attached hydrogen (secondary N) is 1. The van der Waals surface area contributed by atoms with Gasteiger partial charge in [0.25, 0.3) is 5.56 Å². The molecule has 0 aliphatic carbocycles. The van der Waals surface area contributed by atoms with Crippen molar-refractivity contribution in [2.24, 2.45) is 0 Å². The van der Waals surface area contributed by atoms with Crippen molar-refractivity contribution in [3.8, 4) is 11.5 Å². The lowest BCUT2D eigenvalue weighted by atomic mass is 10.2. The molecule has 0 atom stereocenters. The average molecular weight is 466 g/mol. The monoisotopic (exact) mass is 466 g/mol. The van der Waals surface area contributed by atoms with Gasteiger partial charge in [-0.15, -0.1) is 0 Å². The third-order valence-electron chi connectivity index (χ3n) is 6.08. The Morgan fingerprint density at radius 1 is 0.914 bits per heavy atom. The number of carbonyl (C=O) groups excluding carboxylic acids is 1. The first-order chi connectivity index (χ1) is 17.2. The summed E-state index contributed by atoms with van der Waals surface area (Å²) in [5.74, 6) is 0.862. The molecule has 0 saturated carbocycles. The first kappa shape index (κ1) is 21.0. The highest BCUT2D eigenvalue weighted by atomic mass is 16.6. The van der Waals surface area contributed by atoms with Gasteiger partial charge in [-0.2, -0.15) is 5.10 Å². The summed E-state index contributed by atoms with van der Waals surface area (Å²) >= 11 is 0. The number of hydrogen-bond acceptors (Lipinski definition) is 5. The first-order valence-corrected chi connectivity index (χ1v) is 11.4. The number of fused-ring (bicyclic) bond motifs is 4. The van der Waals surface area contributed by atoms with Crippen molar-refractivity contribution in [1.29, 1.82) is 0 Å². The molecular weight excluding hydrogens is 444 g/mol. The molecule has 0 fully saturated rings. The number of nitrogens with zero attached hydrogens (tertiary/aromatic N) is 3. The quantitative estimate of drug-likeness (QED) is 0.426. The molecule has 8 heteroatoms. The molecule has 8 nitrogen and oxygen atoms in total. The zero-order valence-corrected chi connectivity index (χ0v) is 18.8. The maximum absolute atomic E-state index is 13.6. The van der Waals surface area contributed by atoms with Crippen molar-refractivity contribution in [3.05, 3.63) is 94.9 Å². The second-order valence-electron chi connectivity index (χ2n) is 8.37. The zero-order valence-electron chi connectivity index (χ0n) is 18.8. The minimum absolute atomic E-state index is 0.212. The fraction of sp³-hybridized carbons (Fsp3) is 0.148. The van der Waals surface area contributed by atoms with Crippen molar-refractivity contribution in [2.45, 2.75) is 13.1 Å². The molecule has 6 rings (SSSR count). The van der Waals surface area contributed by atoms with E-state index in [1.807, 2.05) is 59.2 Å². The number of para-hydroxylation sites is 1. The number of rotatable bonds is 5. The minimum atomic E-state index is -0.360. The normalized spacial score (nSPS) is 12.7. The molecular formula is C27H22N4O4. The highest BCUT2D eigenvalue weighted by Gasteiger charge is 2.18. The molecule has 1 N–H and O–H groups in total. The van der Waals surface area contributed by atoms with Crippen LogP contribution in [0.4, 0.5) is 5.69 Å². The Morgan fingerprint density at radius 2 is 1.69 bits per heavy atom. The molecule has 0 radical (unpaired) electrons. The molecule has 3 aromatic carbocycles. The van der Waals surface area contributed by atoms with Gasteiger partial charge in [0, 0.05) is 34.6 Å². The Bertz CT molecular complexity index is 1620. The Kier molecular flexibility index (Phi) is 5.18. The minimum Gasteiger partial charge on any atom is -0.486 e. The van der Waals surface area contributed by atoms with Gasteiger partial charge in [0.2, 0.25) is 5.91 Å². The molecule has 2 aromatic heterocycles. The Morgan fingerprint density at radius 3 is 2.54 bits per heavy atom. The lowest BCUT2D eigenvalue weighted by Crippen LogP contribution is -2.30. The molecule has 3 heterocycles. The Hall–Kier alpha value is -4.59. The number of carbonyl (C=O) groups is 1. The van der Waals surface area contributed by atoms with E-state index in [9.17, 15) is 9.59 Å². The van der Waals surface area contributed by atoms with E-state index in [0.29, 0.717) is 42.5 Å². The number of hydrogen-bond donors (Lipinski definition) is 1. The van der Waals surface area contributed by atoms with Gasteiger partial charge >= 0.3 is 0 Å². The number of aromatic nitrogens is 3. The second-order valence-corrected chi connectivity index (χ2v) is 8.37. The van der Waals surface area contributed by atoms with Crippen LogP contribution in [0.1, 0.15) is 5.56 Å². The molecule has 174 valence electrons. The summed E-state index contributed by atoms with van der Waals surface area (Å²) < 4.78 is 14.3. The summed E-state index contributed by atoms with van der Waals surface area (Å²) in [4.78, 5) is 26.3. The van der Waals surface area contributed by atoms with Crippen LogP contribution in [0, 0.1) is 0 Å². The molecule has 0 spiro atoms. The number of ether oxygens (including phenoxy) is 2. The van der Waals surface area contributed by atoms with Crippen molar-refractivity contribution in [3.63, 3.8) is 0 Å². The van der Waals surface area contributed by atoms with Crippen LogP contribution in [0.5, 0.6) is 11.5 Å². The van der Waals surface area contributed by atoms with Gasteiger partial charge in [-0.1, -0.05) is 48.5 Å². The SMILES string of the molecule is O=C(Cn1ncc2c3ccccc3n(Cc3ccccc3)c2c1=O)Nc1ccc2c(c1)OCCO2. The summed E-state index contributed by atoms with van der Waals surface area (Å²) in [6, 6.07) is 23.1. The lowest BCUT2D eigenvalue weighted by molar-refractivity contribution is -0.117. The summed E-state index contributed by atoms with van der Waals surface area (Å²) in [5, 5.41) is 8.85. The van der Waals surface area contributed by atoms with E-state index in [4.69, 9.17) is 9.47 Å². The van der Waals surface area contributed by atoms with Gasteiger partial charge in [0.1, 0.15) is 25.3 Å². The van der Waals surface area contributed by atoms with Crippen LogP contribution >= 0.6 is 0 Å². The highest BCUT2D eigenvalue weighted by molar-refractivity contribution is 6.07. The van der Waals surface area contributed by atoms with Gasteiger partial charge in [-0.3, -0.25) is 9.59 Å². The maximum atomic E-state index is 13.6. The third kappa shape index (κ3) is 3.89. The van der Waals surface area contributed by atoms with Crippen LogP contribution in [0.2, 0.25) is 0 Å². The third-order valence-corrected chi connectivity index (χ3v) is 6.08. The van der Waals surface area contributed by atoms with E-state index in [0.717, 1.165) is 21.9 Å². The smallest absolute Gasteiger partial charge is 0.291 e. The van der Waals surface area contributed by atoms with E-state index in [-0.39, 0.29) is 18.0 Å². The van der Waals surface area contributed by atoms with Gasteiger partial charge in [0.05, 0.1) is 6.20 Å². The molecule has 35 heavy (non-hydrogen) atoms. The van der Waals surface area contributed by atoms with E-state index in [1.54, 1.807) is 24.4 Å². The molecule has 0 unspecified atom stereocenters. The number of benzene rings is 3. The molecule has 1 aliphatic rings. The van der Waals surface area contributed by atoms with Gasteiger partial charge in [0.15, 0.2) is 11.5 Å². The standard InChI is InChI=1S/C27H22N4O4/c32-25(29-19-10-11-23-24(14-19)35-13-12-34-23)17-31-27(33)26-21(15-28-31)20-8-4-5-9-22(20)30(26)16-18-6-2-1-3-7-18/h1-11,14-15H,12-13,16-17H2,(H,29,32). The topological polar surface area (TPSA) is 87.4 Å². The van der Waals surface area contributed by atoms with Crippen LogP contribution < -0.4 is 20.3 Å². The predicted octanol–water partition coefficient (Wildman–Crippen LogP) is 3.81. The van der Waals surface area contributed by atoms with E-state index in [2.05, 4.69) is 10.4 Å². The first-order valence-electron chi connectivity index (χ1n) is 11.4. The lowest BCUT2D eigenvalue weighted by Gasteiger charge is -2.19. The van der Waals surface area contributed by atoms with Crippen LogP contribution in [-0.4, -0.2) is 33.5 Å². The summed E-state index contributed by atoms with van der Waals surface area (Å²) in [6.07, 6.45) is 1.66. The molecule has 1 aliphatic heterocycles. The fourth-order valence-electron chi connectivity index (χ4n) is 4.49. The van der Waals surface area contributed by atoms with Crippen LogP contribution in [0.15, 0.2) is 83.8 Å². The zero-order chi connectivity index (χ0) is 23.8. The maximum Gasteiger partial charge on any atom is 0.291 e. The average Bonchev–Trinajstić information content (AvgIpc) is 3.20. The molecule has 5 aromatic rings. The highest BCUT2D eigenvalue weighted by Crippen LogP contribution is 2.32. The van der Waals surface area contributed by atoms with E-state index in [1.165, 1.54) is 4.68 Å². The van der Waals surface area contributed by atoms with Crippen molar-refractivity contribution < 1.29 is 14.3 Å². The Balaban J connectivity index is 1.34. The van der Waals surface area contributed by atoms with Gasteiger partial charge in [-0.05, 0) is 23.8 Å². The number of anilines is 1. The van der Waals surface area contributed by atoms with Crippen LogP contribution in [0.3, 0.4) is 0 Å². The molecule has 1 amide bonds. The van der Waals surface area contributed by atoms with Crippen LogP contribution in [0.25, 0.3) is 21.8 Å². The number of amides is 1. The predicted molar refractivity (Wildman–Crippen MR) is 133 cm³/mol. The summed E-state index contributed by atoms with van der Waals surface area (Å²) in [7, 11) is 0. The Labute approximate surface area is 200 Å². The summed E-state index contributed by atoms with van der Waals surface area (Å²) in [6.45, 7) is 1.28. The van der Waals surface area contributed by atoms with Crippen molar-refractivity contribution >= 4 is 33.4 Å². The van der Waals surface area contributed by atoms with Crippen LogP contribution in [-0.2, 0) is 17.9 Å². The van der Waals surface area contributed by atoms with Gasteiger partial charge in [-0.25, -0.2) is 4.68 Å². The summed E-state index contributed by atoms with van der Waals surface area (Å²) in [5.41, 5.74) is 2.80. The van der Waals surface area contributed by atoms with Gasteiger partial charge < -0.3 is 19.4 Å². The second kappa shape index (κ2) is 8.64. The fourth-order valence-corrected chi connectivity index (χ4v) is 4.49. The van der Waals surface area contributed by atoms with E-state index < -0.39 is 0 Å². The molecule has 0 bridgehead atoms. The van der Waals surface area contributed by atoms with Crippen molar-refractivity contribution in [1.82, 2.24) is 14.3 Å². The molecule has 0 saturated heterocycles. The largest absolute Gasteiger partial charge is 0.486 e.